The number of ether oxygens (including phenoxy) is 4. The molecule has 1 heterocycles. The fraction of sp³-hybridized carbons (Fsp3) is 0.176. The topological polar surface area (TPSA) is 40.2 Å². The number of rotatable bonds is 6. The van der Waals surface area contributed by atoms with Crippen molar-refractivity contribution in [3.8, 4) is 56.4 Å². The van der Waals surface area contributed by atoms with Crippen LogP contribution in [0, 0.1) is 0 Å². The average Bonchev–Trinajstić information content (AvgIpc) is 2.99. The zero-order valence-electron chi connectivity index (χ0n) is 22.9. The number of fused-ring (bicyclic) bond motifs is 5. The first-order valence-electron chi connectivity index (χ1n) is 12.9. The van der Waals surface area contributed by atoms with Crippen molar-refractivity contribution in [2.75, 3.05) is 40.4 Å². The molecule has 0 bridgehead atoms. The Morgan fingerprint density at radius 2 is 1.21 bits per heavy atom. The average molecular weight is 518 g/mol. The summed E-state index contributed by atoms with van der Waals surface area (Å²) in [5, 5.41) is 2.21. The van der Waals surface area contributed by atoms with Gasteiger partial charge in [0.25, 0.3) is 0 Å². The van der Waals surface area contributed by atoms with Gasteiger partial charge in [-0.05, 0) is 45.8 Å². The standard InChI is InChI=1S/C34H31NO4/c1-35-20-28-24(17-18-29(36-2)33(28)38-4)26-16-15-25-27(32(26)35)19-30(37-3)34(39-5)31(25)23-13-11-22(12-14-23)21-9-7-6-8-10-21/h6-19H,20H2,1-5H3. The molecule has 6 rings (SSSR count). The number of nitrogens with zero attached hydrogens (tertiary/aromatic N) is 1. The smallest absolute Gasteiger partial charge is 0.169 e. The Labute approximate surface area is 229 Å². The van der Waals surface area contributed by atoms with Gasteiger partial charge in [0.1, 0.15) is 0 Å². The maximum Gasteiger partial charge on any atom is 0.169 e. The molecule has 196 valence electrons. The van der Waals surface area contributed by atoms with E-state index in [1.165, 1.54) is 11.1 Å². The molecule has 5 aromatic rings. The maximum absolute atomic E-state index is 5.96. The molecular weight excluding hydrogens is 486 g/mol. The van der Waals surface area contributed by atoms with Crippen molar-refractivity contribution in [3.05, 3.63) is 90.5 Å². The molecular formula is C34H31NO4. The molecule has 5 nitrogen and oxygen atoms in total. The molecule has 0 N–H and O–H groups in total. The monoisotopic (exact) mass is 517 g/mol. The second kappa shape index (κ2) is 9.91. The number of methoxy groups -OCH3 is 4. The molecule has 0 saturated carbocycles. The lowest BCUT2D eigenvalue weighted by Crippen LogP contribution is -2.22. The van der Waals surface area contributed by atoms with Crippen LogP contribution in [0.3, 0.4) is 0 Å². The van der Waals surface area contributed by atoms with E-state index >= 15 is 0 Å². The first-order valence-corrected chi connectivity index (χ1v) is 12.9. The van der Waals surface area contributed by atoms with Gasteiger partial charge in [0.2, 0.25) is 0 Å². The molecule has 0 fully saturated rings. The Hall–Kier alpha value is -4.64. The summed E-state index contributed by atoms with van der Waals surface area (Å²) in [6, 6.07) is 29.6. The predicted octanol–water partition coefficient (Wildman–Crippen LogP) is 7.83. The summed E-state index contributed by atoms with van der Waals surface area (Å²) >= 11 is 0. The normalized spacial score (nSPS) is 12.1. The van der Waals surface area contributed by atoms with Gasteiger partial charge in [0.15, 0.2) is 23.0 Å². The summed E-state index contributed by atoms with van der Waals surface area (Å²) in [6.07, 6.45) is 0. The minimum absolute atomic E-state index is 0.692. The van der Waals surface area contributed by atoms with Crippen LogP contribution >= 0.6 is 0 Å². The zero-order chi connectivity index (χ0) is 27.1. The van der Waals surface area contributed by atoms with Gasteiger partial charge in [-0.3, -0.25) is 0 Å². The molecule has 1 aliphatic heterocycles. The van der Waals surface area contributed by atoms with Crippen molar-refractivity contribution >= 4 is 16.5 Å². The summed E-state index contributed by atoms with van der Waals surface area (Å²) in [4.78, 5) is 2.27. The van der Waals surface area contributed by atoms with Crippen LogP contribution in [-0.2, 0) is 6.54 Å². The Balaban J connectivity index is 1.59. The van der Waals surface area contributed by atoms with E-state index in [1.54, 1.807) is 28.4 Å². The highest BCUT2D eigenvalue weighted by Gasteiger charge is 2.28. The Morgan fingerprint density at radius 1 is 0.564 bits per heavy atom. The van der Waals surface area contributed by atoms with Crippen LogP contribution < -0.4 is 23.8 Å². The molecule has 1 aliphatic rings. The lowest BCUT2D eigenvalue weighted by molar-refractivity contribution is 0.351. The van der Waals surface area contributed by atoms with Crippen molar-refractivity contribution in [2.24, 2.45) is 0 Å². The summed E-state index contributed by atoms with van der Waals surface area (Å²) in [6.45, 7) is 0.692. The number of hydrogen-bond acceptors (Lipinski definition) is 5. The number of anilines is 1. The van der Waals surface area contributed by atoms with Gasteiger partial charge >= 0.3 is 0 Å². The molecule has 5 aromatic carbocycles. The van der Waals surface area contributed by atoms with Crippen molar-refractivity contribution < 1.29 is 18.9 Å². The van der Waals surface area contributed by atoms with E-state index in [9.17, 15) is 0 Å². The van der Waals surface area contributed by atoms with Crippen LogP contribution in [0.15, 0.2) is 84.9 Å². The van der Waals surface area contributed by atoms with Gasteiger partial charge in [-0.15, -0.1) is 0 Å². The third-order valence-corrected chi connectivity index (χ3v) is 7.63. The van der Waals surface area contributed by atoms with Crippen molar-refractivity contribution in [2.45, 2.75) is 6.54 Å². The highest BCUT2D eigenvalue weighted by Crippen LogP contribution is 2.52. The van der Waals surface area contributed by atoms with E-state index in [2.05, 4.69) is 84.7 Å². The molecule has 0 atom stereocenters. The third-order valence-electron chi connectivity index (χ3n) is 7.63. The number of benzene rings is 5. The Bertz CT molecular complexity index is 1680. The zero-order valence-corrected chi connectivity index (χ0v) is 22.9. The first kappa shape index (κ1) is 24.7. The maximum atomic E-state index is 5.96. The first-order chi connectivity index (χ1) is 19.1. The molecule has 0 unspecified atom stereocenters. The second-order valence-electron chi connectivity index (χ2n) is 9.67. The molecule has 39 heavy (non-hydrogen) atoms. The van der Waals surface area contributed by atoms with Gasteiger partial charge in [0, 0.05) is 35.7 Å². The lowest BCUT2D eigenvalue weighted by atomic mass is 9.87. The third kappa shape index (κ3) is 3.93. The fourth-order valence-corrected chi connectivity index (χ4v) is 5.86. The van der Waals surface area contributed by atoms with E-state index in [4.69, 9.17) is 18.9 Å². The van der Waals surface area contributed by atoms with Crippen LogP contribution in [0.2, 0.25) is 0 Å². The molecule has 0 saturated heterocycles. The SMILES string of the molecule is COc1ccc2c(c1OC)CN(C)c1c-2ccc2c(-c3ccc(-c4ccccc4)cc3)c(OC)c(OC)cc12. The van der Waals surface area contributed by atoms with E-state index in [1.807, 2.05) is 12.1 Å². The molecule has 0 spiro atoms. The van der Waals surface area contributed by atoms with Gasteiger partial charge in [-0.2, -0.15) is 0 Å². The van der Waals surface area contributed by atoms with Gasteiger partial charge in [-0.1, -0.05) is 66.7 Å². The molecule has 0 amide bonds. The number of hydrogen-bond donors (Lipinski definition) is 0. The summed E-state index contributed by atoms with van der Waals surface area (Å²) in [5.74, 6) is 2.94. The fourth-order valence-electron chi connectivity index (χ4n) is 5.86. The van der Waals surface area contributed by atoms with Gasteiger partial charge in [0.05, 0.1) is 34.1 Å². The summed E-state index contributed by atoms with van der Waals surface area (Å²) in [7, 11) is 8.88. The molecule has 0 aliphatic carbocycles. The second-order valence-corrected chi connectivity index (χ2v) is 9.67. The van der Waals surface area contributed by atoms with Crippen LogP contribution in [0.25, 0.3) is 44.2 Å². The highest BCUT2D eigenvalue weighted by atomic mass is 16.5. The van der Waals surface area contributed by atoms with Crippen molar-refractivity contribution in [1.82, 2.24) is 0 Å². The van der Waals surface area contributed by atoms with E-state index < -0.39 is 0 Å². The van der Waals surface area contributed by atoms with Crippen LogP contribution in [0.1, 0.15) is 5.56 Å². The molecule has 5 heteroatoms. The van der Waals surface area contributed by atoms with Gasteiger partial charge < -0.3 is 23.8 Å². The quantitative estimate of drug-likeness (QED) is 0.230. The van der Waals surface area contributed by atoms with E-state index in [0.717, 1.165) is 61.5 Å². The summed E-state index contributed by atoms with van der Waals surface area (Å²) in [5.41, 5.74) is 8.99. The van der Waals surface area contributed by atoms with Gasteiger partial charge in [-0.25, -0.2) is 0 Å². The Morgan fingerprint density at radius 3 is 1.87 bits per heavy atom. The minimum Gasteiger partial charge on any atom is -0.493 e. The largest absolute Gasteiger partial charge is 0.493 e. The summed E-state index contributed by atoms with van der Waals surface area (Å²) < 4.78 is 23.2. The van der Waals surface area contributed by atoms with Crippen molar-refractivity contribution in [3.63, 3.8) is 0 Å². The minimum atomic E-state index is 0.692. The highest BCUT2D eigenvalue weighted by molar-refractivity contribution is 6.11. The molecule has 0 aromatic heterocycles. The van der Waals surface area contributed by atoms with Crippen LogP contribution in [0.5, 0.6) is 23.0 Å². The van der Waals surface area contributed by atoms with E-state index in [0.29, 0.717) is 12.3 Å². The Kier molecular flexibility index (Phi) is 6.27. The molecule has 0 radical (unpaired) electrons. The van der Waals surface area contributed by atoms with Crippen LogP contribution in [-0.4, -0.2) is 35.5 Å². The predicted molar refractivity (Wildman–Crippen MR) is 159 cm³/mol. The lowest BCUT2D eigenvalue weighted by Gasteiger charge is -2.33. The van der Waals surface area contributed by atoms with E-state index in [-0.39, 0.29) is 0 Å². The van der Waals surface area contributed by atoms with Crippen molar-refractivity contribution in [1.29, 1.82) is 0 Å². The van der Waals surface area contributed by atoms with Crippen LogP contribution in [0.4, 0.5) is 5.69 Å².